The molecule has 0 bridgehead atoms. The number of aliphatic carboxylic acids is 1. The van der Waals surface area contributed by atoms with Crippen molar-refractivity contribution < 1.29 is 66.1 Å². The molecule has 0 radical (unpaired) electrons. The molecule has 3 nitrogen and oxygen atoms in total. The van der Waals surface area contributed by atoms with E-state index in [1.165, 1.54) is 17.4 Å². The molecule has 0 aliphatic heterocycles. The molecule has 0 saturated heterocycles. The summed E-state index contributed by atoms with van der Waals surface area (Å²) in [5.41, 5.74) is 0. The van der Waals surface area contributed by atoms with E-state index >= 15 is 0 Å². The molecule has 0 spiro atoms. The quantitative estimate of drug-likeness (QED) is 0.312. The zero-order valence-corrected chi connectivity index (χ0v) is 11.0. The monoisotopic (exact) mass is 220 g/mol. The molecule has 0 atom stereocenters. The standard InChI is InChI=1S/C8H6O3S.K/c9-7(8(10)11)4-3-6-2-1-5-12-6;/h1-5H,(H,10,11);/q;+1/p-1/b4-3+;. The number of thiophene rings is 1. The molecule has 0 aliphatic rings. The van der Waals surface area contributed by atoms with E-state index < -0.39 is 11.8 Å². The fourth-order valence-electron chi connectivity index (χ4n) is 0.612. The first kappa shape index (κ1) is 13.2. The van der Waals surface area contributed by atoms with E-state index in [9.17, 15) is 14.7 Å². The number of carbonyl (C=O) groups is 2. The second-order valence-electron chi connectivity index (χ2n) is 2.00. The summed E-state index contributed by atoms with van der Waals surface area (Å²) in [6.45, 7) is 0. The fraction of sp³-hybridized carbons (Fsp3) is 0. The smallest absolute Gasteiger partial charge is 0.541 e. The van der Waals surface area contributed by atoms with Crippen LogP contribution in [0.5, 0.6) is 0 Å². The van der Waals surface area contributed by atoms with Crippen molar-refractivity contribution in [1.82, 2.24) is 0 Å². The number of carboxylic acids is 1. The Labute approximate surface area is 122 Å². The molecule has 0 N–H and O–H groups in total. The number of rotatable bonds is 3. The van der Waals surface area contributed by atoms with Crippen LogP contribution in [0.2, 0.25) is 0 Å². The Hall–Kier alpha value is 0.216. The first-order valence-electron chi connectivity index (χ1n) is 3.17. The van der Waals surface area contributed by atoms with Gasteiger partial charge in [0.25, 0.3) is 0 Å². The molecular formula is C8H5KO3S. The first-order chi connectivity index (χ1) is 5.70. The molecule has 13 heavy (non-hydrogen) atoms. The minimum atomic E-state index is -1.68. The first-order valence-corrected chi connectivity index (χ1v) is 4.05. The molecule has 0 fully saturated rings. The van der Waals surface area contributed by atoms with E-state index in [0.29, 0.717) is 0 Å². The van der Waals surface area contributed by atoms with E-state index in [2.05, 4.69) is 0 Å². The van der Waals surface area contributed by atoms with E-state index in [0.717, 1.165) is 11.0 Å². The Balaban J connectivity index is 0.00000144. The van der Waals surface area contributed by atoms with E-state index in [1.54, 1.807) is 6.07 Å². The Morgan fingerprint density at radius 2 is 2.15 bits per heavy atom. The molecule has 1 rings (SSSR count). The van der Waals surface area contributed by atoms with Crippen LogP contribution >= 0.6 is 11.3 Å². The van der Waals surface area contributed by atoms with Crippen LogP contribution in [0.3, 0.4) is 0 Å². The minimum absolute atomic E-state index is 0. The van der Waals surface area contributed by atoms with Gasteiger partial charge in [-0.15, -0.1) is 11.3 Å². The number of carboxylic acid groups (broad SMARTS) is 1. The van der Waals surface area contributed by atoms with Crippen molar-refractivity contribution in [2.45, 2.75) is 0 Å². The second kappa shape index (κ2) is 6.64. The van der Waals surface area contributed by atoms with Crippen molar-refractivity contribution in [3.05, 3.63) is 28.5 Å². The molecule has 0 aromatic carbocycles. The molecule has 62 valence electrons. The van der Waals surface area contributed by atoms with Crippen LogP contribution in [-0.2, 0) is 9.59 Å². The zero-order valence-electron chi connectivity index (χ0n) is 7.02. The van der Waals surface area contributed by atoms with Crippen molar-refractivity contribution >= 4 is 29.2 Å². The Kier molecular flexibility index (Phi) is 6.75. The zero-order chi connectivity index (χ0) is 8.97. The summed E-state index contributed by atoms with van der Waals surface area (Å²) in [5.74, 6) is -2.69. The van der Waals surface area contributed by atoms with Crippen LogP contribution in [0.4, 0.5) is 0 Å². The van der Waals surface area contributed by atoms with Crippen molar-refractivity contribution in [2.24, 2.45) is 0 Å². The molecular weight excluding hydrogens is 215 g/mol. The summed E-state index contributed by atoms with van der Waals surface area (Å²) >= 11 is 1.42. The van der Waals surface area contributed by atoms with Crippen LogP contribution in [0.25, 0.3) is 6.08 Å². The third kappa shape index (κ3) is 4.85. The van der Waals surface area contributed by atoms with Gasteiger partial charge in [0.2, 0.25) is 5.78 Å². The van der Waals surface area contributed by atoms with E-state index in [-0.39, 0.29) is 51.4 Å². The van der Waals surface area contributed by atoms with Gasteiger partial charge in [-0.2, -0.15) is 0 Å². The van der Waals surface area contributed by atoms with Crippen LogP contribution in [0.1, 0.15) is 4.88 Å². The molecule has 1 heterocycles. The SMILES string of the molecule is O=C([O-])C(=O)/C=C/c1cccs1.[K+]. The molecule has 0 saturated carbocycles. The molecule has 1 aromatic rings. The van der Waals surface area contributed by atoms with E-state index in [4.69, 9.17) is 0 Å². The van der Waals surface area contributed by atoms with Crippen LogP contribution < -0.4 is 56.5 Å². The van der Waals surface area contributed by atoms with Gasteiger partial charge in [-0.3, -0.25) is 4.79 Å². The molecule has 5 heteroatoms. The largest absolute Gasteiger partial charge is 1.00 e. The summed E-state index contributed by atoms with van der Waals surface area (Å²) in [7, 11) is 0. The van der Waals surface area contributed by atoms with E-state index in [1.807, 2.05) is 11.4 Å². The van der Waals surface area contributed by atoms with Crippen molar-refractivity contribution in [2.75, 3.05) is 0 Å². The Morgan fingerprint density at radius 3 is 2.62 bits per heavy atom. The molecule has 0 amide bonds. The summed E-state index contributed by atoms with van der Waals surface area (Å²) in [6, 6.07) is 3.59. The number of carbonyl (C=O) groups excluding carboxylic acids is 2. The maximum atomic E-state index is 10.5. The van der Waals surface area contributed by atoms with Gasteiger partial charge in [0, 0.05) is 4.88 Å². The van der Waals surface area contributed by atoms with Crippen molar-refractivity contribution in [3.8, 4) is 0 Å². The second-order valence-corrected chi connectivity index (χ2v) is 2.98. The van der Waals surface area contributed by atoms with Gasteiger partial charge in [0.15, 0.2) is 0 Å². The maximum Gasteiger partial charge on any atom is 1.00 e. The maximum absolute atomic E-state index is 10.5. The third-order valence-electron chi connectivity index (χ3n) is 1.14. The molecule has 1 aromatic heterocycles. The molecule has 0 unspecified atom stereocenters. The van der Waals surface area contributed by atoms with Gasteiger partial charge in [0.05, 0.1) is 0 Å². The predicted octanol–water partition coefficient (Wildman–Crippen LogP) is -2.92. The number of hydrogen-bond acceptors (Lipinski definition) is 4. The van der Waals surface area contributed by atoms with Crippen molar-refractivity contribution in [3.63, 3.8) is 0 Å². The van der Waals surface area contributed by atoms with Gasteiger partial charge >= 0.3 is 51.4 Å². The summed E-state index contributed by atoms with van der Waals surface area (Å²) in [4.78, 5) is 21.3. The van der Waals surface area contributed by atoms with Gasteiger partial charge in [-0.25, -0.2) is 0 Å². The number of ketones is 1. The minimum Gasteiger partial charge on any atom is -0.541 e. The van der Waals surface area contributed by atoms with Crippen LogP contribution in [0.15, 0.2) is 23.6 Å². The van der Waals surface area contributed by atoms with Crippen LogP contribution in [0, 0.1) is 0 Å². The van der Waals surface area contributed by atoms with Gasteiger partial charge in [-0.1, -0.05) is 6.07 Å². The van der Waals surface area contributed by atoms with Gasteiger partial charge in [-0.05, 0) is 23.6 Å². The molecule has 0 aliphatic carbocycles. The van der Waals surface area contributed by atoms with Crippen molar-refractivity contribution in [1.29, 1.82) is 0 Å². The number of hydrogen-bond donors (Lipinski definition) is 0. The Bertz CT molecular complexity index is 316. The topological polar surface area (TPSA) is 57.2 Å². The summed E-state index contributed by atoms with van der Waals surface area (Å²) < 4.78 is 0. The van der Waals surface area contributed by atoms with Gasteiger partial charge < -0.3 is 9.90 Å². The summed E-state index contributed by atoms with van der Waals surface area (Å²) in [6.07, 6.45) is 2.43. The average molecular weight is 220 g/mol. The summed E-state index contributed by atoms with van der Waals surface area (Å²) in [5, 5.41) is 11.8. The Morgan fingerprint density at radius 1 is 1.46 bits per heavy atom. The van der Waals surface area contributed by atoms with Crippen LogP contribution in [-0.4, -0.2) is 11.8 Å². The predicted molar refractivity (Wildman–Crippen MR) is 43.4 cm³/mol. The van der Waals surface area contributed by atoms with Gasteiger partial charge in [0.1, 0.15) is 5.97 Å². The normalized spacial score (nSPS) is 9.54. The third-order valence-corrected chi connectivity index (χ3v) is 1.98. The average Bonchev–Trinajstić information content (AvgIpc) is 2.51. The fourth-order valence-corrected chi connectivity index (χ4v) is 1.23.